The predicted octanol–water partition coefficient (Wildman–Crippen LogP) is 6.26. The fraction of sp³-hybridized carbons (Fsp3) is 0.194. The van der Waals surface area contributed by atoms with Crippen LogP contribution < -0.4 is 10.2 Å². The number of unbranched alkanes of at least 4 members (excludes halogenated alkanes) is 1. The Morgan fingerprint density at radius 1 is 0.974 bits per heavy atom. The third-order valence-corrected chi connectivity index (χ3v) is 6.83. The number of para-hydroxylation sites is 2. The predicted molar refractivity (Wildman–Crippen MR) is 148 cm³/mol. The first-order valence-corrected chi connectivity index (χ1v) is 12.9. The van der Waals surface area contributed by atoms with Gasteiger partial charge in [-0.25, -0.2) is 9.18 Å². The average Bonchev–Trinajstić information content (AvgIpc) is 3.45. The molecule has 5 rings (SSSR count). The molecular formula is C31H28FN5O2. The fourth-order valence-electron chi connectivity index (χ4n) is 4.89. The molecule has 196 valence electrons. The van der Waals surface area contributed by atoms with Crippen LogP contribution in [0.3, 0.4) is 0 Å². The standard InChI is InChI=1S/C31H28FN5O2/c1-2-3-18-35(31(39)34-25-16-10-22(20-33)11-17-25)21-29(38)37-27-8-5-4-7-26(27)36-19-6-9-28(36)30(37)23-12-14-24(32)15-13-23/h4-17,19,30H,2-3,18,21H2,1H3,(H,34,39). The third-order valence-electron chi connectivity index (χ3n) is 6.83. The van der Waals surface area contributed by atoms with E-state index in [2.05, 4.69) is 11.4 Å². The third kappa shape index (κ3) is 5.25. The van der Waals surface area contributed by atoms with E-state index in [1.165, 1.54) is 17.0 Å². The molecule has 0 spiro atoms. The summed E-state index contributed by atoms with van der Waals surface area (Å²) in [5, 5.41) is 11.9. The molecule has 39 heavy (non-hydrogen) atoms. The molecule has 1 N–H and O–H groups in total. The van der Waals surface area contributed by atoms with Gasteiger partial charge in [0.25, 0.3) is 0 Å². The van der Waals surface area contributed by atoms with Crippen molar-refractivity contribution in [1.82, 2.24) is 9.47 Å². The van der Waals surface area contributed by atoms with E-state index in [0.717, 1.165) is 29.8 Å². The lowest BCUT2D eigenvalue weighted by Crippen LogP contribution is -2.48. The van der Waals surface area contributed by atoms with E-state index >= 15 is 0 Å². The van der Waals surface area contributed by atoms with Gasteiger partial charge in [-0.05, 0) is 72.6 Å². The smallest absolute Gasteiger partial charge is 0.316 e. The van der Waals surface area contributed by atoms with Crippen LogP contribution in [-0.4, -0.2) is 34.5 Å². The van der Waals surface area contributed by atoms with E-state index in [1.54, 1.807) is 41.3 Å². The first-order chi connectivity index (χ1) is 19.0. The van der Waals surface area contributed by atoms with Crippen LogP contribution in [0.2, 0.25) is 0 Å². The number of nitrogens with zero attached hydrogens (tertiary/aromatic N) is 4. The molecule has 1 aliphatic rings. The van der Waals surface area contributed by atoms with E-state index in [4.69, 9.17) is 5.26 Å². The lowest BCUT2D eigenvalue weighted by molar-refractivity contribution is -0.119. The molecule has 7 nitrogen and oxygen atoms in total. The molecule has 8 heteroatoms. The minimum absolute atomic E-state index is 0.144. The Balaban J connectivity index is 1.48. The molecule has 3 aromatic carbocycles. The maximum atomic E-state index is 14.1. The minimum Gasteiger partial charge on any atom is -0.316 e. The molecule has 3 amide bonds. The Morgan fingerprint density at radius 3 is 2.38 bits per heavy atom. The summed E-state index contributed by atoms with van der Waals surface area (Å²) in [6.45, 7) is 2.28. The highest BCUT2D eigenvalue weighted by atomic mass is 19.1. The van der Waals surface area contributed by atoms with E-state index in [-0.39, 0.29) is 18.3 Å². The number of halogens is 1. The van der Waals surface area contributed by atoms with Crippen molar-refractivity contribution in [2.24, 2.45) is 0 Å². The van der Waals surface area contributed by atoms with Crippen LogP contribution in [0, 0.1) is 17.1 Å². The monoisotopic (exact) mass is 521 g/mol. The first kappa shape index (κ1) is 25.7. The van der Waals surface area contributed by atoms with Crippen molar-refractivity contribution in [2.45, 2.75) is 25.8 Å². The molecule has 4 aromatic rings. The minimum atomic E-state index is -0.502. The van der Waals surface area contributed by atoms with Gasteiger partial charge < -0.3 is 14.8 Å². The number of rotatable bonds is 7. The molecule has 1 aliphatic heterocycles. The van der Waals surface area contributed by atoms with E-state index in [9.17, 15) is 14.0 Å². The Bertz CT molecular complexity index is 1520. The Morgan fingerprint density at radius 2 is 1.69 bits per heavy atom. The van der Waals surface area contributed by atoms with Crippen LogP contribution in [-0.2, 0) is 4.79 Å². The van der Waals surface area contributed by atoms with Gasteiger partial charge in [0.05, 0.1) is 28.7 Å². The zero-order valence-corrected chi connectivity index (χ0v) is 21.5. The van der Waals surface area contributed by atoms with Crippen molar-refractivity contribution in [2.75, 3.05) is 23.3 Å². The summed E-state index contributed by atoms with van der Waals surface area (Å²) >= 11 is 0. The van der Waals surface area contributed by atoms with Gasteiger partial charge in [-0.2, -0.15) is 5.26 Å². The van der Waals surface area contributed by atoms with Crippen LogP contribution in [0.4, 0.5) is 20.6 Å². The number of carbonyl (C=O) groups excluding carboxylic acids is 2. The van der Waals surface area contributed by atoms with Gasteiger partial charge in [0.2, 0.25) is 5.91 Å². The summed E-state index contributed by atoms with van der Waals surface area (Å²) in [6, 6.07) is 25.4. The van der Waals surface area contributed by atoms with Gasteiger partial charge >= 0.3 is 6.03 Å². The molecule has 0 saturated carbocycles. The molecule has 0 saturated heterocycles. The second-order valence-electron chi connectivity index (χ2n) is 9.40. The molecule has 0 aliphatic carbocycles. The summed E-state index contributed by atoms with van der Waals surface area (Å²) in [5.74, 6) is -0.608. The maximum absolute atomic E-state index is 14.1. The number of hydrogen-bond acceptors (Lipinski definition) is 3. The van der Waals surface area contributed by atoms with Crippen molar-refractivity contribution in [3.05, 3.63) is 114 Å². The largest absolute Gasteiger partial charge is 0.322 e. The summed E-state index contributed by atoms with van der Waals surface area (Å²) < 4.78 is 15.9. The highest BCUT2D eigenvalue weighted by Gasteiger charge is 2.37. The van der Waals surface area contributed by atoms with E-state index < -0.39 is 12.1 Å². The number of hydrogen-bond donors (Lipinski definition) is 1. The molecule has 0 bridgehead atoms. The Labute approximate surface area is 226 Å². The van der Waals surface area contributed by atoms with E-state index in [1.807, 2.05) is 54.1 Å². The van der Waals surface area contributed by atoms with Gasteiger partial charge in [-0.1, -0.05) is 37.6 Å². The number of fused-ring (bicyclic) bond motifs is 3. The van der Waals surface area contributed by atoms with Crippen molar-refractivity contribution in [1.29, 1.82) is 5.26 Å². The van der Waals surface area contributed by atoms with Crippen molar-refractivity contribution in [3.63, 3.8) is 0 Å². The van der Waals surface area contributed by atoms with Crippen LogP contribution in [0.5, 0.6) is 0 Å². The topological polar surface area (TPSA) is 81.4 Å². The SMILES string of the molecule is CCCCN(CC(=O)N1c2ccccc2-n2cccc2C1c1ccc(F)cc1)C(=O)Nc1ccc(C#N)cc1. The Hall–Kier alpha value is -4.90. The quantitative estimate of drug-likeness (QED) is 0.312. The maximum Gasteiger partial charge on any atom is 0.322 e. The average molecular weight is 522 g/mol. The zero-order chi connectivity index (χ0) is 27.4. The molecular weight excluding hydrogens is 493 g/mol. The molecule has 1 unspecified atom stereocenters. The van der Waals surface area contributed by atoms with Crippen LogP contribution in [0.25, 0.3) is 5.69 Å². The molecule has 1 atom stereocenters. The normalized spacial score (nSPS) is 13.7. The highest BCUT2D eigenvalue weighted by Crippen LogP contribution is 2.42. The molecule has 0 radical (unpaired) electrons. The number of nitrogens with one attached hydrogen (secondary N) is 1. The second-order valence-corrected chi connectivity index (χ2v) is 9.40. The number of nitriles is 1. The van der Waals surface area contributed by atoms with Gasteiger partial charge in [0.15, 0.2) is 0 Å². The van der Waals surface area contributed by atoms with Gasteiger partial charge in [-0.15, -0.1) is 0 Å². The Kier molecular flexibility index (Phi) is 7.41. The summed E-state index contributed by atoms with van der Waals surface area (Å²) in [7, 11) is 0. The van der Waals surface area contributed by atoms with Gasteiger partial charge in [-0.3, -0.25) is 9.69 Å². The molecule has 0 fully saturated rings. The van der Waals surface area contributed by atoms with Gasteiger partial charge in [0.1, 0.15) is 18.4 Å². The van der Waals surface area contributed by atoms with E-state index in [0.29, 0.717) is 23.5 Å². The van der Waals surface area contributed by atoms with Crippen LogP contribution >= 0.6 is 0 Å². The number of anilines is 2. The summed E-state index contributed by atoms with van der Waals surface area (Å²) in [5.41, 5.74) is 4.23. The van der Waals surface area contributed by atoms with Crippen molar-refractivity contribution >= 4 is 23.3 Å². The molecule has 2 heterocycles. The first-order valence-electron chi connectivity index (χ1n) is 12.9. The summed E-state index contributed by atoms with van der Waals surface area (Å²) in [4.78, 5) is 30.7. The summed E-state index contributed by atoms with van der Waals surface area (Å²) in [6.07, 6.45) is 3.53. The lowest BCUT2D eigenvalue weighted by Gasteiger charge is -2.39. The second kappa shape index (κ2) is 11.2. The number of carbonyl (C=O) groups is 2. The number of amides is 3. The van der Waals surface area contributed by atoms with Crippen molar-refractivity contribution < 1.29 is 14.0 Å². The fourth-order valence-corrected chi connectivity index (χ4v) is 4.89. The number of aromatic nitrogens is 1. The number of urea groups is 1. The lowest BCUT2D eigenvalue weighted by atomic mass is 9.97. The van der Waals surface area contributed by atoms with Crippen LogP contribution in [0.1, 0.15) is 42.6 Å². The van der Waals surface area contributed by atoms with Crippen molar-refractivity contribution in [3.8, 4) is 11.8 Å². The zero-order valence-electron chi connectivity index (χ0n) is 21.5. The van der Waals surface area contributed by atoms with Crippen LogP contribution in [0.15, 0.2) is 91.1 Å². The molecule has 1 aromatic heterocycles. The highest BCUT2D eigenvalue weighted by molar-refractivity contribution is 6.01. The van der Waals surface area contributed by atoms with Gasteiger partial charge in [0, 0.05) is 18.4 Å². The number of benzene rings is 3.